The van der Waals surface area contributed by atoms with Crippen molar-refractivity contribution in [3.63, 3.8) is 0 Å². The van der Waals surface area contributed by atoms with E-state index in [-0.39, 0.29) is 9.01 Å². The van der Waals surface area contributed by atoms with Gasteiger partial charge in [0, 0.05) is 13.2 Å². The van der Waals surface area contributed by atoms with Crippen molar-refractivity contribution in [2.24, 2.45) is 4.40 Å². The number of fused-ring (bicyclic) bond motifs is 1. The SMILES string of the molecule is CCOCCn1/c(=N/S(=O)(=O)c2cccs2)sc2cccc(F)c21. The highest BCUT2D eigenvalue weighted by Gasteiger charge is 2.17. The molecule has 0 N–H and O–H groups in total. The second-order valence-electron chi connectivity index (χ2n) is 4.82. The van der Waals surface area contributed by atoms with Crippen LogP contribution in [0.15, 0.2) is 44.3 Å². The number of thiophene rings is 1. The van der Waals surface area contributed by atoms with Gasteiger partial charge in [0.2, 0.25) is 4.80 Å². The van der Waals surface area contributed by atoms with E-state index < -0.39 is 15.8 Å². The highest BCUT2D eigenvalue weighted by atomic mass is 32.2. The summed E-state index contributed by atoms with van der Waals surface area (Å²) in [7, 11) is -3.81. The van der Waals surface area contributed by atoms with E-state index in [0.717, 1.165) is 22.7 Å². The topological polar surface area (TPSA) is 60.7 Å². The van der Waals surface area contributed by atoms with Crippen molar-refractivity contribution in [1.82, 2.24) is 4.57 Å². The zero-order valence-corrected chi connectivity index (χ0v) is 15.3. The quantitative estimate of drug-likeness (QED) is 0.611. The molecule has 0 fully saturated rings. The predicted octanol–water partition coefficient (Wildman–Crippen LogP) is 3.23. The van der Waals surface area contributed by atoms with Crippen molar-refractivity contribution in [3.8, 4) is 0 Å². The number of rotatable bonds is 6. The summed E-state index contributed by atoms with van der Waals surface area (Å²) >= 11 is 2.25. The molecular formula is C15H15FN2O3S3. The van der Waals surface area contributed by atoms with Crippen molar-refractivity contribution in [2.45, 2.75) is 17.7 Å². The van der Waals surface area contributed by atoms with Gasteiger partial charge in [-0.25, -0.2) is 4.39 Å². The van der Waals surface area contributed by atoms with E-state index in [4.69, 9.17) is 4.74 Å². The number of benzene rings is 1. The summed E-state index contributed by atoms with van der Waals surface area (Å²) in [6, 6.07) is 7.85. The summed E-state index contributed by atoms with van der Waals surface area (Å²) in [6.07, 6.45) is 0. The lowest BCUT2D eigenvalue weighted by Gasteiger charge is -2.06. The van der Waals surface area contributed by atoms with Crippen molar-refractivity contribution >= 4 is 42.9 Å². The number of nitrogens with zero attached hydrogens (tertiary/aromatic N) is 2. The molecule has 3 rings (SSSR count). The van der Waals surface area contributed by atoms with E-state index in [9.17, 15) is 12.8 Å². The van der Waals surface area contributed by atoms with Crippen LogP contribution < -0.4 is 4.80 Å². The zero-order valence-electron chi connectivity index (χ0n) is 12.8. The van der Waals surface area contributed by atoms with Gasteiger partial charge in [-0.1, -0.05) is 23.5 Å². The summed E-state index contributed by atoms with van der Waals surface area (Å²) in [4.78, 5) is 0.239. The number of hydrogen-bond donors (Lipinski definition) is 0. The first-order chi connectivity index (χ1) is 11.5. The molecule has 0 bridgehead atoms. The molecule has 0 aliphatic carbocycles. The van der Waals surface area contributed by atoms with Crippen LogP contribution in [0.3, 0.4) is 0 Å². The first kappa shape index (κ1) is 17.3. The molecule has 2 aromatic heterocycles. The summed E-state index contributed by atoms with van der Waals surface area (Å²) in [5, 5.41) is 1.68. The van der Waals surface area contributed by atoms with Crippen molar-refractivity contribution in [2.75, 3.05) is 13.2 Å². The lowest BCUT2D eigenvalue weighted by atomic mass is 10.3. The molecule has 0 radical (unpaired) electrons. The Hall–Kier alpha value is -1.55. The van der Waals surface area contributed by atoms with E-state index >= 15 is 0 Å². The first-order valence-electron chi connectivity index (χ1n) is 7.23. The molecule has 0 spiro atoms. The molecule has 2 heterocycles. The summed E-state index contributed by atoms with van der Waals surface area (Å²) in [5.74, 6) is -0.407. The minimum Gasteiger partial charge on any atom is -0.380 e. The van der Waals surface area contributed by atoms with Gasteiger partial charge >= 0.3 is 0 Å². The molecule has 5 nitrogen and oxygen atoms in total. The molecule has 24 heavy (non-hydrogen) atoms. The van der Waals surface area contributed by atoms with E-state index in [1.54, 1.807) is 28.1 Å². The maximum atomic E-state index is 14.2. The molecule has 1 aromatic carbocycles. The average Bonchev–Trinajstić information content (AvgIpc) is 3.17. The van der Waals surface area contributed by atoms with E-state index in [1.165, 1.54) is 12.1 Å². The minimum atomic E-state index is -3.81. The predicted molar refractivity (Wildman–Crippen MR) is 93.3 cm³/mol. The first-order valence-corrected chi connectivity index (χ1v) is 10.4. The molecule has 9 heteroatoms. The molecule has 0 saturated heterocycles. The minimum absolute atomic E-state index is 0.164. The Balaban J connectivity index is 2.18. The zero-order chi connectivity index (χ0) is 17.2. The monoisotopic (exact) mass is 386 g/mol. The highest BCUT2D eigenvalue weighted by molar-refractivity contribution is 7.92. The maximum absolute atomic E-state index is 14.2. The van der Waals surface area contributed by atoms with Crippen LogP contribution in [0.1, 0.15) is 6.92 Å². The van der Waals surface area contributed by atoms with Gasteiger partial charge in [-0.3, -0.25) is 0 Å². The van der Waals surface area contributed by atoms with Crippen LogP contribution in [0.4, 0.5) is 4.39 Å². The van der Waals surface area contributed by atoms with Crippen LogP contribution in [-0.2, 0) is 21.3 Å². The Morgan fingerprint density at radius 3 is 2.83 bits per heavy atom. The summed E-state index contributed by atoms with van der Waals surface area (Å²) in [5.41, 5.74) is 0.349. The second-order valence-corrected chi connectivity index (χ2v) is 8.61. The third kappa shape index (κ3) is 3.44. The van der Waals surface area contributed by atoms with Gasteiger partial charge in [0.15, 0.2) is 0 Å². The number of aromatic nitrogens is 1. The fraction of sp³-hybridized carbons (Fsp3) is 0.267. The van der Waals surface area contributed by atoms with E-state index in [1.807, 2.05) is 6.92 Å². The summed E-state index contributed by atoms with van der Waals surface area (Å²) in [6.45, 7) is 3.07. The molecule has 0 atom stereocenters. The molecule has 0 aliphatic rings. The van der Waals surface area contributed by atoms with Crippen molar-refractivity contribution in [1.29, 1.82) is 0 Å². The molecule has 0 saturated carbocycles. The molecule has 0 aliphatic heterocycles. The highest BCUT2D eigenvalue weighted by Crippen LogP contribution is 2.22. The van der Waals surface area contributed by atoms with Gasteiger partial charge in [-0.05, 0) is 30.5 Å². The second kappa shape index (κ2) is 7.14. The maximum Gasteiger partial charge on any atom is 0.294 e. The number of hydrogen-bond acceptors (Lipinski definition) is 5. The molecule has 3 aromatic rings. The molecule has 128 valence electrons. The third-order valence-electron chi connectivity index (χ3n) is 3.26. The van der Waals surface area contributed by atoms with E-state index in [0.29, 0.717) is 30.0 Å². The van der Waals surface area contributed by atoms with Gasteiger partial charge in [-0.15, -0.1) is 15.7 Å². The third-order valence-corrected chi connectivity index (χ3v) is 7.06. The van der Waals surface area contributed by atoms with Crippen molar-refractivity contribution < 1.29 is 17.5 Å². The largest absolute Gasteiger partial charge is 0.380 e. The number of para-hydroxylation sites is 1. The Morgan fingerprint density at radius 2 is 2.12 bits per heavy atom. The lowest BCUT2D eigenvalue weighted by molar-refractivity contribution is 0.139. The number of thiazole rings is 1. The van der Waals surface area contributed by atoms with Crippen LogP contribution >= 0.6 is 22.7 Å². The van der Waals surface area contributed by atoms with Crippen LogP contribution in [-0.4, -0.2) is 26.2 Å². The van der Waals surface area contributed by atoms with Gasteiger partial charge in [0.05, 0.1) is 16.8 Å². The Labute approximate surface area is 146 Å². The van der Waals surface area contributed by atoms with Crippen LogP contribution in [0.2, 0.25) is 0 Å². The number of halogens is 1. The van der Waals surface area contributed by atoms with Crippen LogP contribution in [0, 0.1) is 5.82 Å². The van der Waals surface area contributed by atoms with Crippen molar-refractivity contribution in [3.05, 3.63) is 46.3 Å². The van der Waals surface area contributed by atoms with Crippen LogP contribution in [0.5, 0.6) is 0 Å². The summed E-state index contributed by atoms with van der Waals surface area (Å²) < 4.78 is 50.7. The number of ether oxygens (including phenoxy) is 1. The molecule has 0 unspecified atom stereocenters. The number of sulfonamides is 1. The standard InChI is InChI=1S/C15H15FN2O3S3/c1-2-21-9-8-18-14-11(16)5-3-6-12(14)23-15(18)17-24(19,20)13-7-4-10-22-13/h3-7,10H,2,8-9H2,1H3/b17-15-. The Bertz CT molecular complexity index is 1000. The van der Waals surface area contributed by atoms with Gasteiger partial charge in [-0.2, -0.15) is 8.42 Å². The molecule has 0 amide bonds. The Morgan fingerprint density at radius 1 is 1.29 bits per heavy atom. The lowest BCUT2D eigenvalue weighted by Crippen LogP contribution is -2.20. The van der Waals surface area contributed by atoms with E-state index in [2.05, 4.69) is 4.40 Å². The van der Waals surface area contributed by atoms with Crippen LogP contribution in [0.25, 0.3) is 10.2 Å². The van der Waals surface area contributed by atoms with Gasteiger partial charge in [0.25, 0.3) is 10.0 Å². The smallest absolute Gasteiger partial charge is 0.294 e. The average molecular weight is 386 g/mol. The van der Waals surface area contributed by atoms with Gasteiger partial charge in [0.1, 0.15) is 10.0 Å². The molecular weight excluding hydrogens is 371 g/mol. The normalized spacial score (nSPS) is 13.0. The fourth-order valence-electron chi connectivity index (χ4n) is 2.22. The fourth-order valence-corrected chi connectivity index (χ4v) is 5.46. The van der Waals surface area contributed by atoms with Gasteiger partial charge < -0.3 is 9.30 Å². The Kier molecular flexibility index (Phi) is 5.14.